The molecule has 1 heterocycles. The lowest BCUT2D eigenvalue weighted by molar-refractivity contribution is -0.123. The molecule has 1 fully saturated rings. The Balaban J connectivity index is 2.85. The molecule has 0 aromatic carbocycles. The molecule has 4 nitrogen and oxygen atoms in total. The molecule has 0 aliphatic carbocycles. The first-order valence-electron chi connectivity index (χ1n) is 4.55. The SMILES string of the molecule is CC1CC(CN)(C(O)C=O)C(C)O1. The van der Waals surface area contributed by atoms with Crippen molar-refractivity contribution < 1.29 is 14.6 Å². The number of nitrogens with two attached hydrogens (primary N) is 1. The Labute approximate surface area is 78.1 Å². The molecule has 0 bridgehead atoms. The van der Waals surface area contributed by atoms with Gasteiger partial charge in [0.1, 0.15) is 12.4 Å². The van der Waals surface area contributed by atoms with Gasteiger partial charge in [-0.25, -0.2) is 0 Å². The number of rotatable bonds is 3. The van der Waals surface area contributed by atoms with Crippen molar-refractivity contribution in [1.82, 2.24) is 0 Å². The van der Waals surface area contributed by atoms with Crippen molar-refractivity contribution in [2.75, 3.05) is 6.54 Å². The molecule has 0 amide bonds. The highest BCUT2D eigenvalue weighted by molar-refractivity contribution is 5.57. The number of aldehydes is 1. The third-order valence-electron chi connectivity index (χ3n) is 3.01. The first-order chi connectivity index (χ1) is 6.06. The van der Waals surface area contributed by atoms with Crippen LogP contribution < -0.4 is 5.73 Å². The lowest BCUT2D eigenvalue weighted by Gasteiger charge is -2.32. The van der Waals surface area contributed by atoms with E-state index in [0.717, 1.165) is 0 Å². The van der Waals surface area contributed by atoms with Crippen molar-refractivity contribution in [2.45, 2.75) is 38.6 Å². The molecule has 1 aliphatic heterocycles. The molecular formula is C9H17NO3. The smallest absolute Gasteiger partial charge is 0.149 e. The average molecular weight is 187 g/mol. The number of carbonyl (C=O) groups excluding carboxylic acids is 1. The maximum absolute atomic E-state index is 10.5. The van der Waals surface area contributed by atoms with E-state index in [2.05, 4.69) is 0 Å². The van der Waals surface area contributed by atoms with E-state index in [4.69, 9.17) is 10.5 Å². The van der Waals surface area contributed by atoms with Crippen LogP contribution in [0.4, 0.5) is 0 Å². The summed E-state index contributed by atoms with van der Waals surface area (Å²) in [6.45, 7) is 4.05. The number of ether oxygens (including phenoxy) is 1. The second-order valence-corrected chi connectivity index (χ2v) is 3.81. The monoisotopic (exact) mass is 187 g/mol. The molecule has 1 rings (SSSR count). The van der Waals surface area contributed by atoms with E-state index in [-0.39, 0.29) is 18.8 Å². The zero-order valence-corrected chi connectivity index (χ0v) is 8.06. The molecule has 13 heavy (non-hydrogen) atoms. The molecule has 0 saturated carbocycles. The van der Waals surface area contributed by atoms with Gasteiger partial charge in [-0.3, -0.25) is 0 Å². The van der Waals surface area contributed by atoms with Crippen molar-refractivity contribution in [2.24, 2.45) is 11.1 Å². The molecule has 0 spiro atoms. The van der Waals surface area contributed by atoms with Crippen LogP contribution in [-0.2, 0) is 9.53 Å². The van der Waals surface area contributed by atoms with E-state index in [1.807, 2.05) is 13.8 Å². The summed E-state index contributed by atoms with van der Waals surface area (Å²) in [5.74, 6) is 0. The van der Waals surface area contributed by atoms with Crippen LogP contribution in [0.25, 0.3) is 0 Å². The van der Waals surface area contributed by atoms with Gasteiger partial charge in [-0.1, -0.05) is 0 Å². The minimum absolute atomic E-state index is 0.0631. The van der Waals surface area contributed by atoms with Gasteiger partial charge in [-0.2, -0.15) is 0 Å². The Morgan fingerprint density at radius 2 is 2.38 bits per heavy atom. The minimum Gasteiger partial charge on any atom is -0.385 e. The normalized spacial score (nSPS) is 41.8. The quantitative estimate of drug-likeness (QED) is 0.594. The molecule has 0 aromatic rings. The van der Waals surface area contributed by atoms with Gasteiger partial charge in [-0.15, -0.1) is 0 Å². The zero-order chi connectivity index (χ0) is 10.1. The predicted molar refractivity (Wildman–Crippen MR) is 48.2 cm³/mol. The molecule has 4 heteroatoms. The van der Waals surface area contributed by atoms with Crippen LogP contribution in [0.5, 0.6) is 0 Å². The Kier molecular flexibility index (Phi) is 3.05. The molecule has 1 saturated heterocycles. The third kappa shape index (κ3) is 1.61. The second-order valence-electron chi connectivity index (χ2n) is 3.81. The largest absolute Gasteiger partial charge is 0.385 e. The van der Waals surface area contributed by atoms with Crippen LogP contribution >= 0.6 is 0 Å². The Hall–Kier alpha value is -0.450. The topological polar surface area (TPSA) is 72.5 Å². The first kappa shape index (κ1) is 10.6. The van der Waals surface area contributed by atoms with Crippen molar-refractivity contribution in [3.8, 4) is 0 Å². The molecule has 76 valence electrons. The van der Waals surface area contributed by atoms with Gasteiger partial charge in [0.05, 0.1) is 12.2 Å². The van der Waals surface area contributed by atoms with Gasteiger partial charge in [0, 0.05) is 12.0 Å². The van der Waals surface area contributed by atoms with Gasteiger partial charge < -0.3 is 20.4 Å². The predicted octanol–water partition coefficient (Wildman–Crippen LogP) is -0.311. The highest BCUT2D eigenvalue weighted by Gasteiger charge is 2.48. The molecule has 1 aliphatic rings. The summed E-state index contributed by atoms with van der Waals surface area (Å²) in [7, 11) is 0. The van der Waals surface area contributed by atoms with Gasteiger partial charge in [0.25, 0.3) is 0 Å². The molecule has 3 N–H and O–H groups in total. The molecule has 4 atom stereocenters. The van der Waals surface area contributed by atoms with E-state index in [9.17, 15) is 9.90 Å². The fourth-order valence-corrected chi connectivity index (χ4v) is 2.10. The summed E-state index contributed by atoms with van der Waals surface area (Å²) in [5.41, 5.74) is 5.02. The summed E-state index contributed by atoms with van der Waals surface area (Å²) in [5, 5.41) is 9.57. The fraction of sp³-hybridized carbons (Fsp3) is 0.889. The van der Waals surface area contributed by atoms with Crippen molar-refractivity contribution in [1.29, 1.82) is 0 Å². The molecular weight excluding hydrogens is 170 g/mol. The van der Waals surface area contributed by atoms with E-state index >= 15 is 0 Å². The van der Waals surface area contributed by atoms with Crippen molar-refractivity contribution >= 4 is 6.29 Å². The van der Waals surface area contributed by atoms with Crippen LogP contribution in [0.15, 0.2) is 0 Å². The number of aliphatic hydroxyl groups is 1. The maximum atomic E-state index is 10.5. The Morgan fingerprint density at radius 3 is 2.69 bits per heavy atom. The van der Waals surface area contributed by atoms with E-state index in [0.29, 0.717) is 12.7 Å². The van der Waals surface area contributed by atoms with Gasteiger partial charge >= 0.3 is 0 Å². The Morgan fingerprint density at radius 1 is 1.77 bits per heavy atom. The van der Waals surface area contributed by atoms with Crippen LogP contribution in [0, 0.1) is 5.41 Å². The van der Waals surface area contributed by atoms with E-state index in [1.165, 1.54) is 0 Å². The van der Waals surface area contributed by atoms with Crippen LogP contribution in [0.1, 0.15) is 20.3 Å². The average Bonchev–Trinajstić information content (AvgIpc) is 2.40. The first-order valence-corrected chi connectivity index (χ1v) is 4.55. The second kappa shape index (κ2) is 3.74. The van der Waals surface area contributed by atoms with Gasteiger partial charge in [0.15, 0.2) is 0 Å². The molecule has 0 aromatic heterocycles. The molecule has 0 radical (unpaired) electrons. The fourth-order valence-electron chi connectivity index (χ4n) is 2.10. The summed E-state index contributed by atoms with van der Waals surface area (Å²) in [4.78, 5) is 10.5. The highest BCUT2D eigenvalue weighted by Crippen LogP contribution is 2.40. The van der Waals surface area contributed by atoms with Crippen molar-refractivity contribution in [3.05, 3.63) is 0 Å². The number of aliphatic hydroxyl groups excluding tert-OH is 1. The third-order valence-corrected chi connectivity index (χ3v) is 3.01. The van der Waals surface area contributed by atoms with E-state index < -0.39 is 11.5 Å². The van der Waals surface area contributed by atoms with Gasteiger partial charge in [0.2, 0.25) is 0 Å². The lowest BCUT2D eigenvalue weighted by atomic mass is 9.76. The van der Waals surface area contributed by atoms with Gasteiger partial charge in [-0.05, 0) is 20.3 Å². The minimum atomic E-state index is -1.02. The lowest BCUT2D eigenvalue weighted by Crippen LogP contribution is -2.47. The van der Waals surface area contributed by atoms with Crippen LogP contribution in [0.2, 0.25) is 0 Å². The summed E-state index contributed by atoms with van der Waals surface area (Å²) < 4.78 is 5.49. The van der Waals surface area contributed by atoms with Crippen LogP contribution in [-0.4, -0.2) is 36.2 Å². The zero-order valence-electron chi connectivity index (χ0n) is 8.06. The van der Waals surface area contributed by atoms with E-state index in [1.54, 1.807) is 0 Å². The highest BCUT2D eigenvalue weighted by atomic mass is 16.5. The summed E-state index contributed by atoms with van der Waals surface area (Å²) >= 11 is 0. The standard InChI is InChI=1S/C9H17NO3/c1-6-3-9(5-10,7(2)13-6)8(12)4-11/h4,6-8,12H,3,5,10H2,1-2H3. The van der Waals surface area contributed by atoms with Crippen molar-refractivity contribution in [3.63, 3.8) is 0 Å². The Bertz CT molecular complexity index is 197. The molecule has 4 unspecified atom stereocenters. The van der Waals surface area contributed by atoms with Crippen LogP contribution in [0.3, 0.4) is 0 Å². The number of hydrogen-bond acceptors (Lipinski definition) is 4. The number of hydrogen-bond donors (Lipinski definition) is 2. The maximum Gasteiger partial charge on any atom is 0.149 e. The number of carbonyl (C=O) groups is 1. The summed E-state index contributed by atoms with van der Waals surface area (Å²) in [6.07, 6.45) is 0.0771. The summed E-state index contributed by atoms with van der Waals surface area (Å²) in [6, 6.07) is 0.